The Bertz CT molecular complexity index is 892. The minimum absolute atomic E-state index is 0.0893. The summed E-state index contributed by atoms with van der Waals surface area (Å²) in [5.74, 6) is 2.21. The normalized spacial score (nSPS) is 19.6. The number of ether oxygens (including phenoxy) is 1. The van der Waals surface area contributed by atoms with Crippen molar-refractivity contribution in [3.8, 4) is 23.2 Å². The van der Waals surface area contributed by atoms with E-state index < -0.39 is 0 Å². The van der Waals surface area contributed by atoms with E-state index in [4.69, 9.17) is 4.74 Å². The van der Waals surface area contributed by atoms with Gasteiger partial charge in [-0.15, -0.1) is 0 Å². The second-order valence-electron chi connectivity index (χ2n) is 10.9. The maximum atomic E-state index is 9.88. The zero-order chi connectivity index (χ0) is 25.5. The zero-order valence-corrected chi connectivity index (χ0v) is 22.8. The highest BCUT2D eigenvalue weighted by atomic mass is 16.5. The number of aryl methyl sites for hydroxylation is 1. The van der Waals surface area contributed by atoms with E-state index in [2.05, 4.69) is 29.9 Å². The Morgan fingerprint density at radius 2 is 1.47 bits per heavy atom. The van der Waals surface area contributed by atoms with Crippen molar-refractivity contribution >= 4 is 0 Å². The summed E-state index contributed by atoms with van der Waals surface area (Å²) in [6.45, 7) is 5.23. The van der Waals surface area contributed by atoms with E-state index in [1.807, 2.05) is 36.7 Å². The van der Waals surface area contributed by atoms with Gasteiger partial charge in [0.25, 0.3) is 0 Å². The van der Waals surface area contributed by atoms with Gasteiger partial charge in [0.1, 0.15) is 5.75 Å². The fourth-order valence-corrected chi connectivity index (χ4v) is 5.36. The first-order valence-electron chi connectivity index (χ1n) is 14.6. The van der Waals surface area contributed by atoms with E-state index in [1.165, 1.54) is 69.8 Å². The minimum atomic E-state index is -0.0893. The zero-order valence-electron chi connectivity index (χ0n) is 22.8. The van der Waals surface area contributed by atoms with Crippen LogP contribution in [0.5, 0.6) is 5.75 Å². The van der Waals surface area contributed by atoms with Crippen LogP contribution in [0.3, 0.4) is 0 Å². The number of benzene rings is 1. The van der Waals surface area contributed by atoms with Gasteiger partial charge in [0, 0.05) is 18.0 Å². The van der Waals surface area contributed by atoms with Gasteiger partial charge in [-0.05, 0) is 80.7 Å². The summed E-state index contributed by atoms with van der Waals surface area (Å²) in [7, 11) is 0. The molecular formula is C32H47N3O. The van der Waals surface area contributed by atoms with Gasteiger partial charge < -0.3 is 4.74 Å². The molecule has 0 N–H and O–H groups in total. The van der Waals surface area contributed by atoms with Crippen LogP contribution in [0, 0.1) is 22.7 Å². The molecule has 0 amide bonds. The molecule has 1 heterocycles. The van der Waals surface area contributed by atoms with Gasteiger partial charge >= 0.3 is 0 Å². The highest BCUT2D eigenvalue weighted by molar-refractivity contribution is 5.55. The lowest BCUT2D eigenvalue weighted by atomic mass is 9.69. The van der Waals surface area contributed by atoms with Crippen LogP contribution < -0.4 is 4.74 Å². The number of hydrogen-bond acceptors (Lipinski definition) is 4. The molecule has 1 aliphatic carbocycles. The maximum Gasteiger partial charge on any atom is 0.159 e. The Kier molecular flexibility index (Phi) is 12.2. The number of nitrogens with zero attached hydrogens (tertiary/aromatic N) is 3. The molecule has 3 rings (SSSR count). The summed E-state index contributed by atoms with van der Waals surface area (Å²) < 4.78 is 6.13. The van der Waals surface area contributed by atoms with Crippen molar-refractivity contribution in [3.05, 3.63) is 42.2 Å². The smallest absolute Gasteiger partial charge is 0.159 e. The van der Waals surface area contributed by atoms with Gasteiger partial charge in [-0.1, -0.05) is 71.6 Å². The summed E-state index contributed by atoms with van der Waals surface area (Å²) in [5, 5.41) is 9.88. The molecule has 0 saturated heterocycles. The monoisotopic (exact) mass is 489 g/mol. The molecule has 1 fully saturated rings. The van der Waals surface area contributed by atoms with Gasteiger partial charge in [0.15, 0.2) is 5.82 Å². The SMILES string of the molecule is CCCCCCCCC1(C#N)CCC(COc2ccc(-c3ncc(CCCCCC)cn3)cc2)CC1. The van der Waals surface area contributed by atoms with Crippen molar-refractivity contribution in [2.24, 2.45) is 11.3 Å². The third kappa shape index (κ3) is 9.23. The summed E-state index contributed by atoms with van der Waals surface area (Å²) in [5.41, 5.74) is 2.15. The van der Waals surface area contributed by atoms with E-state index in [0.717, 1.165) is 62.3 Å². The quantitative estimate of drug-likeness (QED) is 0.221. The molecule has 1 aromatic heterocycles. The number of hydrogen-bond donors (Lipinski definition) is 0. The number of unbranched alkanes of at least 4 members (excludes halogenated alkanes) is 8. The molecule has 0 atom stereocenters. The molecule has 1 aromatic carbocycles. The van der Waals surface area contributed by atoms with Crippen molar-refractivity contribution < 1.29 is 4.74 Å². The van der Waals surface area contributed by atoms with Crippen LogP contribution in [0.15, 0.2) is 36.7 Å². The summed E-state index contributed by atoms with van der Waals surface area (Å²) in [4.78, 5) is 9.16. The van der Waals surface area contributed by atoms with Crippen molar-refractivity contribution in [3.63, 3.8) is 0 Å². The molecular weight excluding hydrogens is 442 g/mol. The first-order valence-corrected chi connectivity index (χ1v) is 14.6. The van der Waals surface area contributed by atoms with Crippen LogP contribution >= 0.6 is 0 Å². The van der Waals surface area contributed by atoms with E-state index in [0.29, 0.717) is 5.92 Å². The van der Waals surface area contributed by atoms with Crippen LogP contribution in [0.25, 0.3) is 11.4 Å². The first-order chi connectivity index (χ1) is 17.7. The van der Waals surface area contributed by atoms with Gasteiger partial charge in [-0.25, -0.2) is 9.97 Å². The Morgan fingerprint density at radius 1 is 0.861 bits per heavy atom. The van der Waals surface area contributed by atoms with E-state index in [9.17, 15) is 5.26 Å². The maximum absolute atomic E-state index is 9.88. The summed E-state index contributed by atoms with van der Waals surface area (Å²) in [6.07, 6.45) is 23.1. The average Bonchev–Trinajstić information content (AvgIpc) is 2.93. The predicted octanol–water partition coefficient (Wildman–Crippen LogP) is 9.10. The predicted molar refractivity (Wildman–Crippen MR) is 149 cm³/mol. The standard InChI is InChI=1S/C32H47N3O/c1-3-5-7-9-10-12-20-32(26-33)21-18-27(19-22-32)25-36-30-16-14-29(15-17-30)31-34-23-28(24-35-31)13-11-8-6-4-2/h14-17,23-24,27H,3-13,18-22,25H2,1-2H3. The van der Waals surface area contributed by atoms with Crippen molar-refractivity contribution in [1.29, 1.82) is 5.26 Å². The fraction of sp³-hybridized carbons (Fsp3) is 0.656. The molecule has 36 heavy (non-hydrogen) atoms. The molecule has 1 saturated carbocycles. The Hall–Kier alpha value is -2.41. The molecule has 0 unspecified atom stereocenters. The minimum Gasteiger partial charge on any atom is -0.493 e. The highest BCUT2D eigenvalue weighted by Crippen LogP contribution is 2.42. The Labute approximate surface area is 219 Å². The third-order valence-corrected chi connectivity index (χ3v) is 7.93. The first kappa shape index (κ1) is 28.2. The molecule has 0 bridgehead atoms. The van der Waals surface area contributed by atoms with Crippen LogP contribution in [-0.4, -0.2) is 16.6 Å². The number of nitriles is 1. The summed E-state index contributed by atoms with van der Waals surface area (Å²) in [6, 6.07) is 10.9. The van der Waals surface area contributed by atoms with Gasteiger partial charge in [-0.2, -0.15) is 5.26 Å². The van der Waals surface area contributed by atoms with Crippen LogP contribution in [0.2, 0.25) is 0 Å². The van der Waals surface area contributed by atoms with E-state index >= 15 is 0 Å². The van der Waals surface area contributed by atoms with E-state index in [-0.39, 0.29) is 5.41 Å². The lowest BCUT2D eigenvalue weighted by Gasteiger charge is -2.35. The van der Waals surface area contributed by atoms with Gasteiger partial charge in [0.05, 0.1) is 18.1 Å². The van der Waals surface area contributed by atoms with Crippen molar-refractivity contribution in [1.82, 2.24) is 9.97 Å². The highest BCUT2D eigenvalue weighted by Gasteiger charge is 2.35. The average molecular weight is 490 g/mol. The lowest BCUT2D eigenvalue weighted by molar-refractivity contribution is 0.144. The van der Waals surface area contributed by atoms with Gasteiger partial charge in [-0.3, -0.25) is 0 Å². The lowest BCUT2D eigenvalue weighted by Crippen LogP contribution is -2.28. The fourth-order valence-electron chi connectivity index (χ4n) is 5.36. The van der Waals surface area contributed by atoms with E-state index in [1.54, 1.807) is 0 Å². The Morgan fingerprint density at radius 3 is 2.11 bits per heavy atom. The van der Waals surface area contributed by atoms with Crippen LogP contribution in [-0.2, 0) is 6.42 Å². The topological polar surface area (TPSA) is 58.8 Å². The molecule has 2 aromatic rings. The van der Waals surface area contributed by atoms with Crippen molar-refractivity contribution in [2.75, 3.05) is 6.61 Å². The molecule has 0 radical (unpaired) electrons. The largest absolute Gasteiger partial charge is 0.493 e. The molecule has 0 spiro atoms. The summed E-state index contributed by atoms with van der Waals surface area (Å²) >= 11 is 0. The Balaban J connectivity index is 1.38. The van der Waals surface area contributed by atoms with Crippen LogP contribution in [0.1, 0.15) is 116 Å². The van der Waals surface area contributed by atoms with Crippen LogP contribution in [0.4, 0.5) is 0 Å². The molecule has 4 heteroatoms. The van der Waals surface area contributed by atoms with Crippen molar-refractivity contribution in [2.45, 2.75) is 117 Å². The molecule has 1 aliphatic rings. The van der Waals surface area contributed by atoms with Gasteiger partial charge in [0.2, 0.25) is 0 Å². The third-order valence-electron chi connectivity index (χ3n) is 7.93. The molecule has 4 nitrogen and oxygen atoms in total. The number of rotatable bonds is 16. The molecule has 0 aliphatic heterocycles. The second kappa shape index (κ2) is 15.6. The number of aromatic nitrogens is 2. The molecule has 196 valence electrons. The second-order valence-corrected chi connectivity index (χ2v) is 10.9.